The van der Waals surface area contributed by atoms with Crippen LogP contribution in [0.2, 0.25) is 0 Å². The lowest BCUT2D eigenvalue weighted by molar-refractivity contribution is -0.138. The van der Waals surface area contributed by atoms with Crippen molar-refractivity contribution in [2.24, 2.45) is 23.2 Å². The van der Waals surface area contributed by atoms with Crippen molar-refractivity contribution in [3.8, 4) is 11.5 Å². The van der Waals surface area contributed by atoms with E-state index in [-0.39, 0.29) is 17.2 Å². The predicted molar refractivity (Wildman–Crippen MR) is 113 cm³/mol. The smallest absolute Gasteiger partial charge is 0.257 e. The molecule has 1 aromatic rings. The number of nitrogens with zero attached hydrogens (tertiary/aromatic N) is 1. The van der Waals surface area contributed by atoms with Gasteiger partial charge in [0.05, 0.1) is 14.2 Å². The molecule has 1 atom stereocenters. The zero-order chi connectivity index (χ0) is 21.5. The lowest BCUT2D eigenvalue weighted by Crippen LogP contribution is -2.63. The summed E-state index contributed by atoms with van der Waals surface area (Å²) in [4.78, 5) is 26.5. The van der Waals surface area contributed by atoms with E-state index in [4.69, 9.17) is 9.47 Å². The van der Waals surface area contributed by atoms with E-state index in [0.29, 0.717) is 34.8 Å². The highest BCUT2D eigenvalue weighted by molar-refractivity contribution is 5.98. The fourth-order valence-corrected chi connectivity index (χ4v) is 6.47. The molecular weight excluding hydrogens is 382 g/mol. The number of hydrazine groups is 1. The minimum Gasteiger partial charge on any atom is -0.497 e. The third-order valence-corrected chi connectivity index (χ3v) is 7.18. The van der Waals surface area contributed by atoms with Gasteiger partial charge in [-0.3, -0.25) is 15.0 Å². The number of carbonyl (C=O) groups excluding carboxylic acids is 2. The van der Waals surface area contributed by atoms with Gasteiger partial charge >= 0.3 is 0 Å². The van der Waals surface area contributed by atoms with Crippen LogP contribution in [-0.4, -0.2) is 51.2 Å². The first-order valence-corrected chi connectivity index (χ1v) is 10.8. The van der Waals surface area contributed by atoms with Gasteiger partial charge in [-0.2, -0.15) is 0 Å². The Morgan fingerprint density at radius 3 is 1.90 bits per heavy atom. The van der Waals surface area contributed by atoms with Crippen LogP contribution in [0.4, 0.5) is 0 Å². The summed E-state index contributed by atoms with van der Waals surface area (Å²) in [5.41, 5.74) is 3.17. The normalized spacial score (nSPS) is 30.1. The Labute approximate surface area is 178 Å². The highest BCUT2D eigenvalue weighted by Gasteiger charge is 2.56. The van der Waals surface area contributed by atoms with Gasteiger partial charge < -0.3 is 14.8 Å². The minimum atomic E-state index is -0.557. The van der Waals surface area contributed by atoms with Crippen molar-refractivity contribution in [2.45, 2.75) is 44.6 Å². The topological polar surface area (TPSA) is 79.9 Å². The van der Waals surface area contributed by atoms with Crippen LogP contribution in [0.1, 0.15) is 48.9 Å². The van der Waals surface area contributed by atoms with Crippen LogP contribution in [0, 0.1) is 23.2 Å². The largest absolute Gasteiger partial charge is 0.497 e. The van der Waals surface area contributed by atoms with Gasteiger partial charge in [0.25, 0.3) is 11.8 Å². The Morgan fingerprint density at radius 2 is 1.47 bits per heavy atom. The summed E-state index contributed by atoms with van der Waals surface area (Å²) in [5.74, 6) is 2.72. The number of rotatable bonds is 7. The van der Waals surface area contributed by atoms with Crippen molar-refractivity contribution in [3.63, 3.8) is 0 Å². The molecule has 164 valence electrons. The molecule has 0 saturated heterocycles. The molecule has 4 fully saturated rings. The lowest BCUT2D eigenvalue weighted by Gasteiger charge is -2.59. The number of carbonyl (C=O) groups is 2. The van der Waals surface area contributed by atoms with Crippen LogP contribution in [0.15, 0.2) is 18.2 Å². The zero-order valence-electron chi connectivity index (χ0n) is 18.4. The van der Waals surface area contributed by atoms with Crippen LogP contribution in [0.5, 0.6) is 11.5 Å². The molecule has 0 aromatic heterocycles. The molecule has 7 heteroatoms. The quantitative estimate of drug-likeness (QED) is 0.669. The standard InChI is InChI=1S/C23H33N3O4/c1-26(2)25-22(28)20(23-11-14-5-15(12-23)7-16(6-14)13-23)24-21(27)17-8-18(29-3)10-19(9-17)30-4/h8-10,14-16,20H,5-7,11-13H2,1-4H3,(H,24,27)(H,25,28)/t14?,15?,16?,20-,23?/m1/s1. The molecule has 4 saturated carbocycles. The van der Waals surface area contributed by atoms with Crippen molar-refractivity contribution in [1.29, 1.82) is 0 Å². The van der Waals surface area contributed by atoms with Gasteiger partial charge in [-0.15, -0.1) is 0 Å². The van der Waals surface area contributed by atoms with E-state index in [9.17, 15) is 9.59 Å². The molecule has 0 aliphatic heterocycles. The maximum atomic E-state index is 13.3. The number of nitrogens with one attached hydrogen (secondary N) is 2. The van der Waals surface area contributed by atoms with Crippen LogP contribution >= 0.6 is 0 Å². The molecule has 0 spiro atoms. The first-order valence-electron chi connectivity index (χ1n) is 10.8. The summed E-state index contributed by atoms with van der Waals surface area (Å²) in [6, 6.07) is 4.53. The Hall–Kier alpha value is -2.28. The predicted octanol–water partition coefficient (Wildman–Crippen LogP) is 2.61. The van der Waals surface area contributed by atoms with Crippen LogP contribution in [0.25, 0.3) is 0 Å². The maximum Gasteiger partial charge on any atom is 0.257 e. The average Bonchev–Trinajstić information content (AvgIpc) is 2.69. The van der Waals surface area contributed by atoms with Gasteiger partial charge in [-0.05, 0) is 68.4 Å². The fraction of sp³-hybridized carbons (Fsp3) is 0.652. The first-order chi connectivity index (χ1) is 14.3. The number of benzene rings is 1. The van der Waals surface area contributed by atoms with Crippen molar-refractivity contribution >= 4 is 11.8 Å². The van der Waals surface area contributed by atoms with E-state index in [1.165, 1.54) is 19.3 Å². The lowest BCUT2D eigenvalue weighted by atomic mass is 9.47. The van der Waals surface area contributed by atoms with E-state index < -0.39 is 6.04 Å². The van der Waals surface area contributed by atoms with Crippen molar-refractivity contribution < 1.29 is 19.1 Å². The zero-order valence-corrected chi connectivity index (χ0v) is 18.4. The molecule has 2 N–H and O–H groups in total. The fourth-order valence-electron chi connectivity index (χ4n) is 6.47. The van der Waals surface area contributed by atoms with Gasteiger partial charge in [-0.25, -0.2) is 5.01 Å². The molecule has 0 radical (unpaired) electrons. The average molecular weight is 416 g/mol. The van der Waals surface area contributed by atoms with Gasteiger partial charge in [0.1, 0.15) is 17.5 Å². The van der Waals surface area contributed by atoms with E-state index in [2.05, 4.69) is 10.7 Å². The molecule has 2 amide bonds. The Kier molecular flexibility index (Phi) is 5.66. The van der Waals surface area contributed by atoms with Crippen molar-refractivity contribution in [3.05, 3.63) is 23.8 Å². The molecule has 7 nitrogen and oxygen atoms in total. The highest BCUT2D eigenvalue weighted by atomic mass is 16.5. The van der Waals surface area contributed by atoms with Crippen LogP contribution < -0.4 is 20.2 Å². The second-order valence-corrected chi connectivity index (χ2v) is 9.66. The molecule has 0 heterocycles. The summed E-state index contributed by atoms with van der Waals surface area (Å²) in [7, 11) is 6.70. The van der Waals surface area contributed by atoms with E-state index in [1.807, 2.05) is 0 Å². The van der Waals surface area contributed by atoms with Gasteiger partial charge in [0, 0.05) is 31.1 Å². The van der Waals surface area contributed by atoms with Crippen LogP contribution in [0.3, 0.4) is 0 Å². The third kappa shape index (κ3) is 4.00. The molecular formula is C23H33N3O4. The molecule has 4 bridgehead atoms. The Morgan fingerprint density at radius 1 is 0.967 bits per heavy atom. The monoisotopic (exact) mass is 415 g/mol. The minimum absolute atomic E-state index is 0.134. The number of ether oxygens (including phenoxy) is 2. The Balaban J connectivity index is 1.63. The number of hydrogen-bond donors (Lipinski definition) is 2. The summed E-state index contributed by atoms with van der Waals surface area (Å²) >= 11 is 0. The third-order valence-electron chi connectivity index (χ3n) is 7.18. The summed E-state index contributed by atoms with van der Waals surface area (Å²) in [6.45, 7) is 0. The SMILES string of the molecule is COc1cc(OC)cc(C(=O)N[C@H](C(=O)NN(C)C)C23CC4CC(CC(C4)C2)C3)c1. The summed E-state index contributed by atoms with van der Waals surface area (Å²) in [5, 5.41) is 4.76. The van der Waals surface area contributed by atoms with Gasteiger partial charge in [0.15, 0.2) is 0 Å². The number of hydrogen-bond acceptors (Lipinski definition) is 5. The highest BCUT2D eigenvalue weighted by Crippen LogP contribution is 2.61. The molecule has 4 aliphatic rings. The van der Waals surface area contributed by atoms with Gasteiger partial charge in [-0.1, -0.05) is 0 Å². The van der Waals surface area contributed by atoms with Crippen LogP contribution in [-0.2, 0) is 4.79 Å². The summed E-state index contributed by atoms with van der Waals surface area (Å²) < 4.78 is 10.6. The molecule has 1 aromatic carbocycles. The van der Waals surface area contributed by atoms with E-state index in [1.54, 1.807) is 51.5 Å². The summed E-state index contributed by atoms with van der Waals surface area (Å²) in [6.07, 6.45) is 6.90. The van der Waals surface area contributed by atoms with Crippen molar-refractivity contribution in [2.75, 3.05) is 28.3 Å². The molecule has 30 heavy (non-hydrogen) atoms. The van der Waals surface area contributed by atoms with Crippen molar-refractivity contribution in [1.82, 2.24) is 15.8 Å². The maximum absolute atomic E-state index is 13.3. The molecule has 4 aliphatic carbocycles. The number of amides is 2. The van der Waals surface area contributed by atoms with E-state index >= 15 is 0 Å². The van der Waals surface area contributed by atoms with E-state index in [0.717, 1.165) is 19.3 Å². The Bertz CT molecular complexity index is 765. The molecule has 5 rings (SSSR count). The second kappa shape index (κ2) is 8.10. The van der Waals surface area contributed by atoms with Gasteiger partial charge in [0.2, 0.25) is 0 Å². The first kappa shape index (κ1) is 21.0. The molecule has 0 unspecified atom stereocenters. The second-order valence-electron chi connectivity index (χ2n) is 9.66. The number of methoxy groups -OCH3 is 2.